The molecule has 0 aromatic heterocycles. The Morgan fingerprint density at radius 1 is 1.33 bits per heavy atom. The van der Waals surface area contributed by atoms with Crippen LogP contribution in [0.1, 0.15) is 6.92 Å². The molecule has 0 rings (SSSR count). The molecule has 0 aliphatic carbocycles. The number of carbonyl (C=O) groups is 1. The topological polar surface area (TPSA) is 145 Å². The second kappa shape index (κ2) is 5.66. The molecule has 0 aliphatic rings. The number of phosphoric ester groups is 1. The van der Waals surface area contributed by atoms with Gasteiger partial charge in [-0.1, -0.05) is 0 Å². The molecule has 0 amide bonds. The monoisotopic (exact) mass is 244 g/mol. The van der Waals surface area contributed by atoms with Gasteiger partial charge in [0.25, 0.3) is 0 Å². The molecule has 0 bridgehead atoms. The first-order chi connectivity index (χ1) is 6.65. The van der Waals surface area contributed by atoms with Gasteiger partial charge in [0.05, 0.1) is 6.10 Å². The Balaban J connectivity index is 4.17. The Morgan fingerprint density at radius 2 is 1.80 bits per heavy atom. The zero-order valence-corrected chi connectivity index (χ0v) is 8.74. The first-order valence-electron chi connectivity index (χ1n) is 3.92. The third kappa shape index (κ3) is 5.95. The zero-order chi connectivity index (χ0) is 12.2. The van der Waals surface area contributed by atoms with E-state index in [1.807, 2.05) is 0 Å². The smallest absolute Gasteiger partial charge is 0.391 e. The van der Waals surface area contributed by atoms with Gasteiger partial charge in [-0.25, -0.2) is 4.57 Å². The van der Waals surface area contributed by atoms with E-state index < -0.39 is 38.5 Å². The molecule has 0 unspecified atom stereocenters. The van der Waals surface area contributed by atoms with Gasteiger partial charge >= 0.3 is 7.82 Å². The number of phosphoric acid groups is 1. The van der Waals surface area contributed by atoms with Crippen LogP contribution in [0.4, 0.5) is 0 Å². The predicted octanol–water partition coefficient (Wildman–Crippen LogP) is -2.23. The highest BCUT2D eigenvalue weighted by Crippen LogP contribution is 2.35. The van der Waals surface area contributed by atoms with Crippen LogP contribution in [0.15, 0.2) is 0 Å². The second-order valence-corrected chi connectivity index (χ2v) is 4.15. The molecule has 9 heteroatoms. The van der Waals surface area contributed by atoms with Crippen molar-refractivity contribution >= 4 is 13.6 Å². The lowest BCUT2D eigenvalue weighted by Gasteiger charge is -2.18. The molecular weight excluding hydrogens is 231 g/mol. The third-order valence-electron chi connectivity index (χ3n) is 1.52. The van der Waals surface area contributed by atoms with E-state index in [0.29, 0.717) is 0 Å². The number of hydrogen-bond acceptors (Lipinski definition) is 6. The van der Waals surface area contributed by atoms with E-state index in [1.54, 1.807) is 0 Å². The number of Topliss-reactive ketones (excluding diaryl/α,β-unsaturated/α-hetero) is 1. The lowest BCUT2D eigenvalue weighted by molar-refractivity contribution is -0.140. The van der Waals surface area contributed by atoms with Crippen molar-refractivity contribution in [2.75, 3.05) is 6.61 Å². The Kier molecular flexibility index (Phi) is 5.54. The Labute approximate surface area is 85.4 Å². The molecular formula is C6H13O8P. The Hall–Kier alpha value is -0.340. The predicted molar refractivity (Wildman–Crippen MR) is 46.7 cm³/mol. The normalized spacial score (nSPS) is 18.3. The third-order valence-corrected chi connectivity index (χ3v) is 1.99. The van der Waals surface area contributed by atoms with Crippen molar-refractivity contribution < 1.29 is 39.0 Å². The second-order valence-electron chi connectivity index (χ2n) is 2.91. The van der Waals surface area contributed by atoms with Crippen molar-refractivity contribution in [3.05, 3.63) is 0 Å². The molecule has 5 N–H and O–H groups in total. The van der Waals surface area contributed by atoms with Crippen LogP contribution in [0.3, 0.4) is 0 Å². The van der Waals surface area contributed by atoms with Gasteiger partial charge in [-0.2, -0.15) is 0 Å². The van der Waals surface area contributed by atoms with E-state index >= 15 is 0 Å². The maximum atomic E-state index is 10.9. The summed E-state index contributed by atoms with van der Waals surface area (Å²) in [5.41, 5.74) is 0. The van der Waals surface area contributed by atoms with Crippen molar-refractivity contribution in [1.29, 1.82) is 0 Å². The molecule has 0 saturated heterocycles. The molecule has 3 atom stereocenters. The molecule has 0 spiro atoms. The average molecular weight is 244 g/mol. The van der Waals surface area contributed by atoms with E-state index in [-0.39, 0.29) is 0 Å². The summed E-state index contributed by atoms with van der Waals surface area (Å²) in [6.07, 6.45) is -5.02. The molecule has 15 heavy (non-hydrogen) atoms. The van der Waals surface area contributed by atoms with Gasteiger partial charge in [-0.15, -0.1) is 0 Å². The fourth-order valence-corrected chi connectivity index (χ4v) is 0.983. The maximum absolute atomic E-state index is 10.9. The van der Waals surface area contributed by atoms with E-state index in [1.165, 1.54) is 0 Å². The highest BCUT2D eigenvalue weighted by molar-refractivity contribution is 7.46. The largest absolute Gasteiger partial charge is 0.470 e. The summed E-state index contributed by atoms with van der Waals surface area (Å²) in [6, 6.07) is 0. The van der Waals surface area contributed by atoms with E-state index in [2.05, 4.69) is 4.52 Å². The lowest BCUT2D eigenvalue weighted by Crippen LogP contribution is -2.42. The minimum absolute atomic E-state index is 1.05. The summed E-state index contributed by atoms with van der Waals surface area (Å²) in [6.45, 7) is 0.0974. The first kappa shape index (κ1) is 14.7. The first-order valence-corrected chi connectivity index (χ1v) is 5.45. The van der Waals surface area contributed by atoms with Gasteiger partial charge in [0.2, 0.25) is 0 Å². The summed E-state index contributed by atoms with van der Waals surface area (Å²) < 4.78 is 14.0. The van der Waals surface area contributed by atoms with Gasteiger partial charge in [0, 0.05) is 0 Å². The standard InChI is InChI=1S/C6H13O8P/c1-3(7)5(9)6(10)4(8)2-14-15(11,12)13/h3,5-7,9-10H,2H2,1H3,(H2,11,12,13)/t3-,5+,6-/m0/s1. The van der Waals surface area contributed by atoms with Gasteiger partial charge in [0.1, 0.15) is 18.8 Å². The van der Waals surface area contributed by atoms with E-state index in [9.17, 15) is 9.36 Å². The molecule has 90 valence electrons. The van der Waals surface area contributed by atoms with Gasteiger partial charge in [-0.3, -0.25) is 9.32 Å². The van der Waals surface area contributed by atoms with Crippen LogP contribution < -0.4 is 0 Å². The van der Waals surface area contributed by atoms with Crippen LogP contribution >= 0.6 is 7.82 Å². The minimum atomic E-state index is -4.79. The molecule has 0 saturated carbocycles. The molecule has 0 aliphatic heterocycles. The number of aliphatic hydroxyl groups is 3. The van der Waals surface area contributed by atoms with Gasteiger partial charge in [0.15, 0.2) is 5.78 Å². The van der Waals surface area contributed by atoms with Crippen LogP contribution in [-0.2, 0) is 13.9 Å². The van der Waals surface area contributed by atoms with Crippen molar-refractivity contribution in [2.45, 2.75) is 25.2 Å². The number of rotatable bonds is 6. The number of carbonyl (C=O) groups excluding carboxylic acids is 1. The van der Waals surface area contributed by atoms with Crippen LogP contribution in [0, 0.1) is 0 Å². The van der Waals surface area contributed by atoms with Gasteiger partial charge < -0.3 is 25.1 Å². The number of hydrogen-bond donors (Lipinski definition) is 5. The molecule has 0 aromatic rings. The molecule has 0 fully saturated rings. The summed E-state index contributed by atoms with van der Waals surface area (Å²) in [7, 11) is -4.79. The average Bonchev–Trinajstić information content (AvgIpc) is 2.10. The van der Waals surface area contributed by atoms with Crippen molar-refractivity contribution in [3.63, 3.8) is 0 Å². The van der Waals surface area contributed by atoms with Gasteiger partial charge in [-0.05, 0) is 6.92 Å². The molecule has 0 aromatic carbocycles. The van der Waals surface area contributed by atoms with Crippen molar-refractivity contribution in [2.24, 2.45) is 0 Å². The van der Waals surface area contributed by atoms with Crippen LogP contribution in [0.5, 0.6) is 0 Å². The van der Waals surface area contributed by atoms with Crippen molar-refractivity contribution in [1.82, 2.24) is 0 Å². The highest BCUT2D eigenvalue weighted by atomic mass is 31.2. The maximum Gasteiger partial charge on any atom is 0.470 e. The van der Waals surface area contributed by atoms with Crippen LogP contribution in [-0.4, -0.2) is 55.8 Å². The Morgan fingerprint density at radius 3 is 2.13 bits per heavy atom. The summed E-state index contributed by atoms with van der Waals surface area (Å²) in [5, 5.41) is 26.9. The fraction of sp³-hybridized carbons (Fsp3) is 0.833. The van der Waals surface area contributed by atoms with Crippen molar-refractivity contribution in [3.8, 4) is 0 Å². The number of ketones is 1. The van der Waals surface area contributed by atoms with E-state index in [0.717, 1.165) is 6.92 Å². The zero-order valence-electron chi connectivity index (χ0n) is 7.85. The lowest BCUT2D eigenvalue weighted by atomic mass is 10.1. The summed E-state index contributed by atoms with van der Waals surface area (Å²) in [5.74, 6) is -1.13. The molecule has 0 radical (unpaired) electrons. The quantitative estimate of drug-likeness (QED) is 0.330. The minimum Gasteiger partial charge on any atom is -0.391 e. The van der Waals surface area contributed by atoms with Crippen LogP contribution in [0.25, 0.3) is 0 Å². The van der Waals surface area contributed by atoms with Crippen LogP contribution in [0.2, 0.25) is 0 Å². The highest BCUT2D eigenvalue weighted by Gasteiger charge is 2.29. The summed E-state index contributed by atoms with van der Waals surface area (Å²) >= 11 is 0. The Bertz CT molecular complexity index is 258. The molecule has 0 heterocycles. The fourth-order valence-electron chi connectivity index (χ4n) is 0.687. The van der Waals surface area contributed by atoms with E-state index in [4.69, 9.17) is 25.1 Å². The summed E-state index contributed by atoms with van der Waals surface area (Å²) in [4.78, 5) is 27.4. The molecule has 8 nitrogen and oxygen atoms in total. The number of aliphatic hydroxyl groups excluding tert-OH is 3. The SMILES string of the molecule is C[C@H](O)[C@@H](O)[C@@H](O)C(=O)COP(=O)(O)O.